The number of hydrogen-bond acceptors (Lipinski definition) is 5. The third-order valence-corrected chi connectivity index (χ3v) is 5.26. The standard InChI is InChI=1S/C19H22N4O2S/c1-3-16-15(8-9-20-17(24)18-21-10-11-26-18)19(25)23(22-16)12-14-7-5-4-6-13(14)2/h4-7,10-11,15H,3,8-9,12H2,1-2H3,(H,20,24). The molecule has 1 aromatic heterocycles. The van der Waals surface area contributed by atoms with Gasteiger partial charge in [0.25, 0.3) is 11.8 Å². The molecule has 7 heteroatoms. The third kappa shape index (κ3) is 3.99. The van der Waals surface area contributed by atoms with Gasteiger partial charge in [0.05, 0.1) is 18.2 Å². The van der Waals surface area contributed by atoms with Crippen LogP contribution in [-0.2, 0) is 11.3 Å². The summed E-state index contributed by atoms with van der Waals surface area (Å²) in [6.07, 6.45) is 2.87. The number of aromatic nitrogens is 1. The Morgan fingerprint density at radius 1 is 1.35 bits per heavy atom. The summed E-state index contributed by atoms with van der Waals surface area (Å²) in [6, 6.07) is 8.01. The third-order valence-electron chi connectivity index (χ3n) is 4.49. The number of benzene rings is 1. The number of rotatable bonds is 7. The summed E-state index contributed by atoms with van der Waals surface area (Å²) in [6.45, 7) is 4.94. The zero-order chi connectivity index (χ0) is 18.5. The van der Waals surface area contributed by atoms with Gasteiger partial charge in [-0.25, -0.2) is 9.99 Å². The summed E-state index contributed by atoms with van der Waals surface area (Å²) in [5.74, 6) is -0.452. The number of aryl methyl sites for hydroxylation is 1. The Morgan fingerprint density at radius 2 is 2.15 bits per heavy atom. The van der Waals surface area contributed by atoms with Gasteiger partial charge >= 0.3 is 0 Å². The van der Waals surface area contributed by atoms with Crippen molar-refractivity contribution in [2.24, 2.45) is 11.0 Å². The lowest BCUT2D eigenvalue weighted by atomic mass is 9.97. The van der Waals surface area contributed by atoms with Crippen LogP contribution in [0, 0.1) is 12.8 Å². The molecule has 6 nitrogen and oxygen atoms in total. The van der Waals surface area contributed by atoms with Gasteiger partial charge in [-0.05, 0) is 30.9 Å². The largest absolute Gasteiger partial charge is 0.350 e. The highest BCUT2D eigenvalue weighted by Crippen LogP contribution is 2.23. The minimum Gasteiger partial charge on any atom is -0.350 e. The second kappa shape index (κ2) is 8.23. The van der Waals surface area contributed by atoms with E-state index in [1.54, 1.807) is 16.6 Å². The average Bonchev–Trinajstić information content (AvgIpc) is 3.27. The zero-order valence-corrected chi connectivity index (χ0v) is 15.8. The lowest BCUT2D eigenvalue weighted by Crippen LogP contribution is -2.32. The van der Waals surface area contributed by atoms with Gasteiger partial charge in [-0.2, -0.15) is 5.10 Å². The molecule has 2 heterocycles. The minimum absolute atomic E-state index is 0.00796. The topological polar surface area (TPSA) is 74.7 Å². The molecule has 1 aromatic carbocycles. The van der Waals surface area contributed by atoms with Crippen LogP contribution >= 0.6 is 11.3 Å². The highest BCUT2D eigenvalue weighted by atomic mass is 32.1. The molecule has 0 bridgehead atoms. The maximum atomic E-state index is 12.8. The number of amides is 2. The molecule has 1 aliphatic heterocycles. The van der Waals surface area contributed by atoms with E-state index >= 15 is 0 Å². The van der Waals surface area contributed by atoms with Crippen molar-refractivity contribution in [3.05, 3.63) is 52.0 Å². The average molecular weight is 370 g/mol. The van der Waals surface area contributed by atoms with Crippen LogP contribution in [0.15, 0.2) is 40.9 Å². The number of nitrogens with zero attached hydrogens (tertiary/aromatic N) is 3. The Labute approximate surface area is 156 Å². The predicted molar refractivity (Wildman–Crippen MR) is 102 cm³/mol. The van der Waals surface area contributed by atoms with Crippen LogP contribution in [0.3, 0.4) is 0 Å². The van der Waals surface area contributed by atoms with E-state index in [2.05, 4.69) is 15.4 Å². The molecule has 1 unspecified atom stereocenters. The first-order valence-electron chi connectivity index (χ1n) is 8.71. The molecule has 26 heavy (non-hydrogen) atoms. The Kier molecular flexibility index (Phi) is 5.78. The van der Waals surface area contributed by atoms with Crippen LogP contribution in [0.5, 0.6) is 0 Å². The Bertz CT molecular complexity index is 817. The molecule has 1 aliphatic rings. The monoisotopic (exact) mass is 370 g/mol. The van der Waals surface area contributed by atoms with Gasteiger partial charge in [0.15, 0.2) is 5.01 Å². The smallest absolute Gasteiger partial charge is 0.280 e. The van der Waals surface area contributed by atoms with E-state index < -0.39 is 0 Å². The van der Waals surface area contributed by atoms with Crippen LogP contribution in [-0.4, -0.2) is 34.1 Å². The highest BCUT2D eigenvalue weighted by Gasteiger charge is 2.34. The molecule has 1 N–H and O–H groups in total. The Balaban J connectivity index is 1.59. The van der Waals surface area contributed by atoms with E-state index in [1.807, 2.05) is 38.1 Å². The van der Waals surface area contributed by atoms with Crippen molar-refractivity contribution in [2.45, 2.75) is 33.2 Å². The van der Waals surface area contributed by atoms with E-state index in [9.17, 15) is 9.59 Å². The van der Waals surface area contributed by atoms with Gasteiger partial charge in [-0.1, -0.05) is 31.2 Å². The molecule has 0 saturated heterocycles. The summed E-state index contributed by atoms with van der Waals surface area (Å²) >= 11 is 1.30. The second-order valence-electron chi connectivity index (χ2n) is 6.20. The molecule has 3 rings (SSSR count). The number of carbonyl (C=O) groups is 2. The maximum absolute atomic E-state index is 12.8. The van der Waals surface area contributed by atoms with Crippen LogP contribution in [0.25, 0.3) is 0 Å². The van der Waals surface area contributed by atoms with Crippen molar-refractivity contribution in [1.29, 1.82) is 0 Å². The molecular formula is C19H22N4O2S. The normalized spacial score (nSPS) is 16.7. The van der Waals surface area contributed by atoms with Crippen molar-refractivity contribution >= 4 is 28.9 Å². The van der Waals surface area contributed by atoms with Gasteiger partial charge in [0.1, 0.15) is 0 Å². The van der Waals surface area contributed by atoms with Gasteiger partial charge in [0.2, 0.25) is 0 Å². The summed E-state index contributed by atoms with van der Waals surface area (Å²) < 4.78 is 0. The quantitative estimate of drug-likeness (QED) is 0.814. The number of nitrogens with one attached hydrogen (secondary N) is 1. The molecule has 0 radical (unpaired) electrons. The molecule has 0 fully saturated rings. The molecular weight excluding hydrogens is 348 g/mol. The van der Waals surface area contributed by atoms with Gasteiger partial charge in [0, 0.05) is 18.1 Å². The Hall–Kier alpha value is -2.54. The summed E-state index contributed by atoms with van der Waals surface area (Å²) in [4.78, 5) is 28.7. The van der Waals surface area contributed by atoms with E-state index in [4.69, 9.17) is 0 Å². The number of hydrogen-bond donors (Lipinski definition) is 1. The number of hydrazone groups is 1. The van der Waals surface area contributed by atoms with E-state index in [0.29, 0.717) is 24.5 Å². The van der Waals surface area contributed by atoms with E-state index in [0.717, 1.165) is 23.3 Å². The van der Waals surface area contributed by atoms with Crippen molar-refractivity contribution in [3.63, 3.8) is 0 Å². The molecule has 0 saturated carbocycles. The van der Waals surface area contributed by atoms with Gasteiger partial charge < -0.3 is 5.32 Å². The first kappa shape index (κ1) is 18.3. The van der Waals surface area contributed by atoms with E-state index in [1.165, 1.54) is 11.3 Å². The van der Waals surface area contributed by atoms with Crippen molar-refractivity contribution in [3.8, 4) is 0 Å². The van der Waals surface area contributed by atoms with Crippen molar-refractivity contribution < 1.29 is 9.59 Å². The zero-order valence-electron chi connectivity index (χ0n) is 14.9. The molecule has 1 atom stereocenters. The van der Waals surface area contributed by atoms with Crippen LogP contribution in [0.1, 0.15) is 40.7 Å². The highest BCUT2D eigenvalue weighted by molar-refractivity contribution is 7.11. The van der Waals surface area contributed by atoms with Crippen LogP contribution in [0.4, 0.5) is 0 Å². The lowest BCUT2D eigenvalue weighted by Gasteiger charge is -2.16. The van der Waals surface area contributed by atoms with Crippen molar-refractivity contribution in [1.82, 2.24) is 15.3 Å². The first-order chi connectivity index (χ1) is 12.6. The molecule has 0 aliphatic carbocycles. The van der Waals surface area contributed by atoms with Gasteiger partial charge in [-0.3, -0.25) is 9.59 Å². The molecule has 0 spiro atoms. The minimum atomic E-state index is -0.263. The number of carbonyl (C=O) groups excluding carboxylic acids is 2. The van der Waals surface area contributed by atoms with E-state index in [-0.39, 0.29) is 17.7 Å². The van der Waals surface area contributed by atoms with Crippen molar-refractivity contribution in [2.75, 3.05) is 6.54 Å². The van der Waals surface area contributed by atoms with Gasteiger partial charge in [-0.15, -0.1) is 11.3 Å². The lowest BCUT2D eigenvalue weighted by molar-refractivity contribution is -0.132. The summed E-state index contributed by atoms with van der Waals surface area (Å²) in [7, 11) is 0. The summed E-state index contributed by atoms with van der Waals surface area (Å²) in [5, 5.41) is 11.1. The fourth-order valence-corrected chi connectivity index (χ4v) is 3.56. The first-order valence-corrected chi connectivity index (χ1v) is 9.59. The SMILES string of the molecule is CCC1=NN(Cc2ccccc2C)C(=O)C1CCNC(=O)c1nccs1. The van der Waals surface area contributed by atoms with Crippen LogP contribution in [0.2, 0.25) is 0 Å². The maximum Gasteiger partial charge on any atom is 0.280 e. The Morgan fingerprint density at radius 3 is 2.85 bits per heavy atom. The fraction of sp³-hybridized carbons (Fsp3) is 0.368. The van der Waals surface area contributed by atoms with Crippen LogP contribution < -0.4 is 5.32 Å². The summed E-state index contributed by atoms with van der Waals surface area (Å²) in [5.41, 5.74) is 3.12. The molecule has 2 aromatic rings. The fourth-order valence-electron chi connectivity index (χ4n) is 3.01. The predicted octanol–water partition coefficient (Wildman–Crippen LogP) is 3.00. The molecule has 2 amide bonds. The molecule has 136 valence electrons. The number of thiazole rings is 1. The second-order valence-corrected chi connectivity index (χ2v) is 7.10.